The van der Waals surface area contributed by atoms with Crippen LogP contribution in [-0.2, 0) is 4.79 Å². The van der Waals surface area contributed by atoms with E-state index in [4.69, 9.17) is 0 Å². The Hall–Kier alpha value is -0.570. The van der Waals surface area contributed by atoms with Crippen molar-refractivity contribution in [1.82, 2.24) is 10.2 Å². The van der Waals surface area contributed by atoms with E-state index < -0.39 is 0 Å². The maximum atomic E-state index is 12.5. The maximum absolute atomic E-state index is 12.5. The number of carbonyl (C=O) groups excluding carboxylic acids is 1. The van der Waals surface area contributed by atoms with Crippen LogP contribution in [0.15, 0.2) is 0 Å². The number of nitrogens with zero attached hydrogens (tertiary/aromatic N) is 1. The largest absolute Gasteiger partial charge is 0.341 e. The van der Waals surface area contributed by atoms with Crippen molar-refractivity contribution in [2.24, 2.45) is 0 Å². The highest BCUT2D eigenvalue weighted by Gasteiger charge is 2.26. The molecule has 0 aromatic carbocycles. The molecule has 1 atom stereocenters. The summed E-state index contributed by atoms with van der Waals surface area (Å²) in [5.41, 5.74) is 0. The SMILES string of the molecule is CCCCCCN(CCCCCC)C(=O)C1CCCN1. The van der Waals surface area contributed by atoms with Gasteiger partial charge < -0.3 is 10.2 Å². The molecule has 20 heavy (non-hydrogen) atoms. The number of hydrogen-bond acceptors (Lipinski definition) is 2. The van der Waals surface area contributed by atoms with Gasteiger partial charge in [-0.1, -0.05) is 52.4 Å². The lowest BCUT2D eigenvalue weighted by atomic mass is 10.1. The first kappa shape index (κ1) is 17.5. The summed E-state index contributed by atoms with van der Waals surface area (Å²) in [5.74, 6) is 0.357. The van der Waals surface area contributed by atoms with Crippen LogP contribution in [0.4, 0.5) is 0 Å². The highest BCUT2D eigenvalue weighted by molar-refractivity contribution is 5.82. The van der Waals surface area contributed by atoms with Crippen LogP contribution in [0, 0.1) is 0 Å². The van der Waals surface area contributed by atoms with Gasteiger partial charge >= 0.3 is 0 Å². The van der Waals surface area contributed by atoms with Gasteiger partial charge in [-0.15, -0.1) is 0 Å². The molecule has 1 rings (SSSR count). The molecule has 1 amide bonds. The van der Waals surface area contributed by atoms with Gasteiger partial charge in [0.15, 0.2) is 0 Å². The molecule has 0 saturated carbocycles. The fourth-order valence-electron chi connectivity index (χ4n) is 2.91. The minimum Gasteiger partial charge on any atom is -0.341 e. The van der Waals surface area contributed by atoms with Crippen LogP contribution in [0.3, 0.4) is 0 Å². The zero-order valence-electron chi connectivity index (χ0n) is 13.6. The lowest BCUT2D eigenvalue weighted by molar-refractivity contribution is -0.133. The fourth-order valence-corrected chi connectivity index (χ4v) is 2.91. The summed E-state index contributed by atoms with van der Waals surface area (Å²) in [4.78, 5) is 14.7. The summed E-state index contributed by atoms with van der Waals surface area (Å²) in [6.07, 6.45) is 12.1. The minimum absolute atomic E-state index is 0.104. The monoisotopic (exact) mass is 282 g/mol. The Bertz CT molecular complexity index is 237. The number of rotatable bonds is 11. The molecule has 0 spiro atoms. The Morgan fingerprint density at radius 3 is 2.05 bits per heavy atom. The van der Waals surface area contributed by atoms with Crippen molar-refractivity contribution < 1.29 is 4.79 Å². The van der Waals surface area contributed by atoms with Crippen molar-refractivity contribution in [3.05, 3.63) is 0 Å². The zero-order valence-corrected chi connectivity index (χ0v) is 13.6. The summed E-state index contributed by atoms with van der Waals surface area (Å²) in [5, 5.41) is 3.35. The molecule has 1 saturated heterocycles. The third kappa shape index (κ3) is 6.74. The average Bonchev–Trinajstić information content (AvgIpc) is 2.99. The number of hydrogen-bond donors (Lipinski definition) is 1. The molecule has 3 nitrogen and oxygen atoms in total. The molecule has 0 radical (unpaired) electrons. The molecular formula is C17H34N2O. The first-order valence-electron chi connectivity index (χ1n) is 8.81. The predicted octanol–water partition coefficient (Wildman–Crippen LogP) is 3.73. The van der Waals surface area contributed by atoms with E-state index in [1.54, 1.807) is 0 Å². The third-order valence-corrected chi connectivity index (χ3v) is 4.23. The lowest BCUT2D eigenvalue weighted by Crippen LogP contribution is -2.44. The van der Waals surface area contributed by atoms with Crippen molar-refractivity contribution >= 4 is 5.91 Å². The lowest BCUT2D eigenvalue weighted by Gasteiger charge is -2.26. The van der Waals surface area contributed by atoms with Crippen LogP contribution in [0.5, 0.6) is 0 Å². The van der Waals surface area contributed by atoms with Gasteiger partial charge in [0.05, 0.1) is 6.04 Å². The van der Waals surface area contributed by atoms with Crippen molar-refractivity contribution in [2.75, 3.05) is 19.6 Å². The van der Waals surface area contributed by atoms with Gasteiger partial charge in [0.25, 0.3) is 0 Å². The zero-order chi connectivity index (χ0) is 14.6. The summed E-state index contributed by atoms with van der Waals surface area (Å²) in [6, 6.07) is 0.104. The highest BCUT2D eigenvalue weighted by Crippen LogP contribution is 2.12. The Kier molecular flexibility index (Phi) is 9.73. The average molecular weight is 282 g/mol. The molecular weight excluding hydrogens is 248 g/mol. The molecule has 0 bridgehead atoms. The molecule has 1 N–H and O–H groups in total. The van der Waals surface area contributed by atoms with Gasteiger partial charge in [-0.05, 0) is 32.2 Å². The van der Waals surface area contributed by atoms with Crippen LogP contribution in [0.1, 0.15) is 78.1 Å². The Morgan fingerprint density at radius 2 is 1.60 bits per heavy atom. The smallest absolute Gasteiger partial charge is 0.239 e. The molecule has 118 valence electrons. The molecule has 1 unspecified atom stereocenters. The van der Waals surface area contributed by atoms with Crippen LogP contribution in [0.25, 0.3) is 0 Å². The summed E-state index contributed by atoms with van der Waals surface area (Å²) >= 11 is 0. The van der Waals surface area contributed by atoms with E-state index in [0.717, 1.165) is 32.5 Å². The number of carbonyl (C=O) groups is 1. The van der Waals surface area contributed by atoms with E-state index in [0.29, 0.717) is 5.91 Å². The normalized spacial score (nSPS) is 18.4. The Morgan fingerprint density at radius 1 is 1.00 bits per heavy atom. The summed E-state index contributed by atoms with van der Waals surface area (Å²) < 4.78 is 0. The van der Waals surface area contributed by atoms with Crippen molar-refractivity contribution in [3.63, 3.8) is 0 Å². The second-order valence-electron chi connectivity index (χ2n) is 6.10. The van der Waals surface area contributed by atoms with Crippen molar-refractivity contribution in [2.45, 2.75) is 84.1 Å². The molecule has 3 heteroatoms. The second kappa shape index (κ2) is 11.1. The number of amides is 1. The molecule has 1 aliphatic heterocycles. The summed E-state index contributed by atoms with van der Waals surface area (Å²) in [6.45, 7) is 7.40. The number of nitrogens with one attached hydrogen (secondary N) is 1. The van der Waals surface area contributed by atoms with E-state index in [9.17, 15) is 4.79 Å². The van der Waals surface area contributed by atoms with Crippen molar-refractivity contribution in [3.8, 4) is 0 Å². The molecule has 0 aromatic heterocycles. The van der Waals surface area contributed by atoms with E-state index in [2.05, 4.69) is 24.1 Å². The van der Waals surface area contributed by atoms with Crippen LogP contribution < -0.4 is 5.32 Å². The molecule has 1 aliphatic rings. The van der Waals surface area contributed by atoms with E-state index in [1.807, 2.05) is 0 Å². The van der Waals surface area contributed by atoms with Gasteiger partial charge in [0, 0.05) is 13.1 Å². The van der Waals surface area contributed by atoms with E-state index in [1.165, 1.54) is 51.4 Å². The van der Waals surface area contributed by atoms with E-state index in [-0.39, 0.29) is 6.04 Å². The fraction of sp³-hybridized carbons (Fsp3) is 0.941. The van der Waals surface area contributed by atoms with Crippen molar-refractivity contribution in [1.29, 1.82) is 0 Å². The van der Waals surface area contributed by atoms with Gasteiger partial charge in [0.1, 0.15) is 0 Å². The van der Waals surface area contributed by atoms with Crippen LogP contribution >= 0.6 is 0 Å². The van der Waals surface area contributed by atoms with Gasteiger partial charge in [-0.25, -0.2) is 0 Å². The highest BCUT2D eigenvalue weighted by atomic mass is 16.2. The standard InChI is InChI=1S/C17H34N2O/c1-3-5-7-9-14-19(15-10-8-6-4-2)17(20)16-12-11-13-18-16/h16,18H,3-15H2,1-2H3. The van der Waals surface area contributed by atoms with Gasteiger partial charge in [-0.3, -0.25) is 4.79 Å². The second-order valence-corrected chi connectivity index (χ2v) is 6.10. The third-order valence-electron chi connectivity index (χ3n) is 4.23. The molecule has 0 aromatic rings. The topological polar surface area (TPSA) is 32.3 Å². The summed E-state index contributed by atoms with van der Waals surface area (Å²) in [7, 11) is 0. The first-order valence-corrected chi connectivity index (χ1v) is 8.81. The van der Waals surface area contributed by atoms with Gasteiger partial charge in [0.2, 0.25) is 5.91 Å². The molecule has 1 heterocycles. The molecule has 0 aliphatic carbocycles. The quantitative estimate of drug-likeness (QED) is 0.586. The Labute approximate surface area is 125 Å². The van der Waals surface area contributed by atoms with Gasteiger partial charge in [-0.2, -0.15) is 0 Å². The molecule has 1 fully saturated rings. The predicted molar refractivity (Wildman–Crippen MR) is 85.9 cm³/mol. The number of unbranched alkanes of at least 4 members (excludes halogenated alkanes) is 6. The van der Waals surface area contributed by atoms with Crippen LogP contribution in [-0.4, -0.2) is 36.5 Å². The Balaban J connectivity index is 2.33. The van der Waals surface area contributed by atoms with Crippen LogP contribution in [0.2, 0.25) is 0 Å². The van der Waals surface area contributed by atoms with E-state index >= 15 is 0 Å². The first-order chi connectivity index (χ1) is 9.79. The maximum Gasteiger partial charge on any atom is 0.239 e. The minimum atomic E-state index is 0.104.